The molecule has 0 spiro atoms. The minimum atomic E-state index is -3.00. The van der Waals surface area contributed by atoms with Gasteiger partial charge < -0.3 is 20.5 Å². The van der Waals surface area contributed by atoms with Crippen LogP contribution in [0.4, 0.5) is 11.5 Å². The van der Waals surface area contributed by atoms with Gasteiger partial charge in [0.25, 0.3) is 5.91 Å². The average molecular weight is 615 g/mol. The maximum atomic E-state index is 13.1. The van der Waals surface area contributed by atoms with E-state index in [0.29, 0.717) is 42.5 Å². The topological polar surface area (TPSA) is 153 Å². The molecule has 4 aromatic rings. The van der Waals surface area contributed by atoms with E-state index in [4.69, 9.17) is 0 Å². The Kier molecular flexibility index (Phi) is 8.40. The van der Waals surface area contributed by atoms with Crippen LogP contribution in [0.3, 0.4) is 0 Å². The lowest BCUT2D eigenvalue weighted by molar-refractivity contribution is -0.117. The Morgan fingerprint density at radius 1 is 1.05 bits per heavy atom. The number of fused-ring (bicyclic) bond motifs is 1. The number of nitrogens with one attached hydrogen (secondary N) is 3. The van der Waals surface area contributed by atoms with Gasteiger partial charge in [0, 0.05) is 49.8 Å². The van der Waals surface area contributed by atoms with Gasteiger partial charge in [0.2, 0.25) is 5.91 Å². The van der Waals surface area contributed by atoms with Gasteiger partial charge in [-0.05, 0) is 66.9 Å². The zero-order valence-corrected chi connectivity index (χ0v) is 25.0. The molecule has 3 N–H and O–H groups in total. The number of carbonyl (C=O) groups excluding carboxylic acids is 2. The highest BCUT2D eigenvalue weighted by Gasteiger charge is 2.25. The number of sulfone groups is 1. The van der Waals surface area contributed by atoms with Crippen LogP contribution in [0.1, 0.15) is 28.9 Å². The lowest BCUT2D eigenvalue weighted by atomic mass is 10.0. The molecule has 2 saturated heterocycles. The van der Waals surface area contributed by atoms with Crippen LogP contribution in [-0.4, -0.2) is 88.8 Å². The van der Waals surface area contributed by atoms with Gasteiger partial charge in [0.1, 0.15) is 23.5 Å². The third kappa shape index (κ3) is 6.79. The molecule has 3 aromatic heterocycles. The Morgan fingerprint density at radius 3 is 2.61 bits per heavy atom. The van der Waals surface area contributed by atoms with E-state index in [1.54, 1.807) is 12.3 Å². The van der Waals surface area contributed by atoms with Gasteiger partial charge in [-0.1, -0.05) is 18.7 Å². The first-order chi connectivity index (χ1) is 21.3. The fourth-order valence-corrected chi connectivity index (χ4v) is 6.92. The van der Waals surface area contributed by atoms with E-state index in [2.05, 4.69) is 42.0 Å². The summed E-state index contributed by atoms with van der Waals surface area (Å²) in [5, 5.41) is 6.73. The molecule has 12 nitrogen and oxygen atoms in total. The Bertz CT molecular complexity index is 1790. The standard InChI is InChI=1S/C31H34N8O4S/c1-2-28(40)35-24-4-3-11-38(19-24)18-21-9-10-32-27(16-21)31(41)36-23-7-5-22(6-8-23)26-17-25-29(37-26)33-20-34-30(25)39-12-14-44(42,43)15-13-39/h2,5-10,16-17,20,24H,1,3-4,11-15,18-19H2,(H,35,40)(H,36,41)(H,33,34,37)/t24-/m1/s1. The number of aromatic amines is 1. The van der Waals surface area contributed by atoms with E-state index < -0.39 is 9.84 Å². The van der Waals surface area contributed by atoms with Crippen LogP contribution in [0, 0.1) is 0 Å². The summed E-state index contributed by atoms with van der Waals surface area (Å²) in [7, 11) is -3.00. The van der Waals surface area contributed by atoms with Crippen LogP contribution in [0.15, 0.2) is 67.6 Å². The summed E-state index contributed by atoms with van der Waals surface area (Å²) >= 11 is 0. The van der Waals surface area contributed by atoms with Crippen molar-refractivity contribution < 1.29 is 18.0 Å². The number of piperidine rings is 1. The molecular formula is C31H34N8O4S. The largest absolute Gasteiger partial charge is 0.354 e. The third-order valence-corrected chi connectivity index (χ3v) is 9.61. The number of hydrogen-bond donors (Lipinski definition) is 3. The monoisotopic (exact) mass is 614 g/mol. The van der Waals surface area contributed by atoms with Crippen molar-refractivity contribution in [3.63, 3.8) is 0 Å². The van der Waals surface area contributed by atoms with Crippen molar-refractivity contribution in [2.45, 2.75) is 25.4 Å². The molecule has 0 bridgehead atoms. The molecule has 0 saturated carbocycles. The van der Waals surface area contributed by atoms with E-state index in [0.717, 1.165) is 48.1 Å². The molecule has 228 valence electrons. The Labute approximate surface area is 255 Å². The maximum Gasteiger partial charge on any atom is 0.274 e. The van der Waals surface area contributed by atoms with E-state index in [1.807, 2.05) is 41.3 Å². The first-order valence-corrected chi connectivity index (χ1v) is 16.4. The van der Waals surface area contributed by atoms with Gasteiger partial charge in [0.15, 0.2) is 9.84 Å². The molecule has 0 radical (unpaired) electrons. The van der Waals surface area contributed by atoms with Gasteiger partial charge in [-0.15, -0.1) is 0 Å². The molecule has 2 amide bonds. The fraction of sp³-hybridized carbons (Fsp3) is 0.323. The smallest absolute Gasteiger partial charge is 0.274 e. The lowest BCUT2D eigenvalue weighted by Gasteiger charge is -2.33. The molecule has 6 rings (SSSR count). The molecule has 5 heterocycles. The summed E-state index contributed by atoms with van der Waals surface area (Å²) < 4.78 is 23.8. The number of carbonyl (C=O) groups is 2. The molecule has 2 aliphatic rings. The summed E-state index contributed by atoms with van der Waals surface area (Å²) in [6, 6.07) is 13.2. The van der Waals surface area contributed by atoms with Crippen LogP contribution in [-0.2, 0) is 21.2 Å². The first-order valence-electron chi connectivity index (χ1n) is 14.6. The van der Waals surface area contributed by atoms with Crippen LogP contribution >= 0.6 is 0 Å². The number of pyridine rings is 1. The van der Waals surface area contributed by atoms with Gasteiger partial charge >= 0.3 is 0 Å². The highest BCUT2D eigenvalue weighted by Crippen LogP contribution is 2.30. The van der Waals surface area contributed by atoms with Crippen LogP contribution < -0.4 is 15.5 Å². The predicted molar refractivity (Wildman–Crippen MR) is 169 cm³/mol. The molecule has 2 fully saturated rings. The highest BCUT2D eigenvalue weighted by atomic mass is 32.2. The summed E-state index contributed by atoms with van der Waals surface area (Å²) in [4.78, 5) is 45.4. The van der Waals surface area contributed by atoms with Crippen LogP contribution in [0.2, 0.25) is 0 Å². The molecule has 13 heteroatoms. The lowest BCUT2D eigenvalue weighted by Crippen LogP contribution is -2.46. The van der Waals surface area contributed by atoms with Crippen molar-refractivity contribution in [3.8, 4) is 11.3 Å². The van der Waals surface area contributed by atoms with Gasteiger partial charge in [0.05, 0.1) is 16.9 Å². The quantitative estimate of drug-likeness (QED) is 0.254. The van der Waals surface area contributed by atoms with E-state index in [-0.39, 0.29) is 29.4 Å². The summed E-state index contributed by atoms with van der Waals surface area (Å²) in [6.07, 6.45) is 6.33. The summed E-state index contributed by atoms with van der Waals surface area (Å²) in [5.74, 6) is 0.471. The average Bonchev–Trinajstić information content (AvgIpc) is 3.47. The highest BCUT2D eigenvalue weighted by molar-refractivity contribution is 7.91. The number of nitrogens with zero attached hydrogens (tertiary/aromatic N) is 5. The molecular weight excluding hydrogens is 580 g/mol. The minimum Gasteiger partial charge on any atom is -0.354 e. The van der Waals surface area contributed by atoms with E-state index in [1.165, 1.54) is 12.4 Å². The molecule has 0 unspecified atom stereocenters. The molecule has 1 aromatic carbocycles. The number of anilines is 2. The van der Waals surface area contributed by atoms with Crippen molar-refractivity contribution in [3.05, 3.63) is 78.9 Å². The Hall–Kier alpha value is -4.62. The number of amides is 2. The zero-order chi connectivity index (χ0) is 30.7. The SMILES string of the molecule is C=CC(=O)N[C@@H]1CCCN(Cc2ccnc(C(=O)Nc3ccc(-c4cc5c(N6CCS(=O)(=O)CC6)ncnc5[nH]4)cc3)c2)C1. The number of H-pyrrole nitrogens is 1. The number of hydrogen-bond acceptors (Lipinski definition) is 9. The second kappa shape index (κ2) is 12.5. The minimum absolute atomic E-state index is 0.0805. The van der Waals surface area contributed by atoms with Gasteiger partial charge in [-0.3, -0.25) is 19.5 Å². The second-order valence-corrected chi connectivity index (χ2v) is 13.5. The number of rotatable bonds is 8. The van der Waals surface area contributed by atoms with Crippen molar-refractivity contribution >= 4 is 44.2 Å². The van der Waals surface area contributed by atoms with Gasteiger partial charge in [-0.25, -0.2) is 18.4 Å². The van der Waals surface area contributed by atoms with Crippen molar-refractivity contribution in [1.29, 1.82) is 0 Å². The first kappa shape index (κ1) is 29.5. The maximum absolute atomic E-state index is 13.1. The number of benzene rings is 1. The number of likely N-dealkylation sites (tertiary alicyclic amines) is 1. The normalized spacial score (nSPS) is 18.5. The van der Waals surface area contributed by atoms with E-state index in [9.17, 15) is 18.0 Å². The van der Waals surface area contributed by atoms with Gasteiger partial charge in [-0.2, -0.15) is 0 Å². The molecule has 0 aliphatic carbocycles. The second-order valence-electron chi connectivity index (χ2n) is 11.1. The van der Waals surface area contributed by atoms with Crippen molar-refractivity contribution in [2.24, 2.45) is 0 Å². The van der Waals surface area contributed by atoms with Crippen LogP contribution in [0.5, 0.6) is 0 Å². The zero-order valence-electron chi connectivity index (χ0n) is 24.2. The fourth-order valence-electron chi connectivity index (χ4n) is 5.72. The number of aromatic nitrogens is 4. The Morgan fingerprint density at radius 2 is 1.84 bits per heavy atom. The molecule has 1 atom stereocenters. The molecule has 2 aliphatic heterocycles. The van der Waals surface area contributed by atoms with Crippen molar-refractivity contribution in [1.82, 2.24) is 30.2 Å². The predicted octanol–water partition coefficient (Wildman–Crippen LogP) is 2.77. The van der Waals surface area contributed by atoms with Crippen LogP contribution in [0.25, 0.3) is 22.3 Å². The summed E-state index contributed by atoms with van der Waals surface area (Å²) in [6.45, 7) is 6.64. The molecule has 44 heavy (non-hydrogen) atoms. The summed E-state index contributed by atoms with van der Waals surface area (Å²) in [5.41, 5.74) is 4.34. The van der Waals surface area contributed by atoms with Crippen molar-refractivity contribution in [2.75, 3.05) is 47.9 Å². The van der Waals surface area contributed by atoms with E-state index >= 15 is 0 Å². The Balaban J connectivity index is 1.10. The third-order valence-electron chi connectivity index (χ3n) is 8.00.